The maximum Gasteiger partial charge on any atom is 0.355 e. The Morgan fingerprint density at radius 1 is 1.20 bits per heavy atom. The molecule has 0 spiro atoms. The van der Waals surface area contributed by atoms with Gasteiger partial charge in [0.05, 0.1) is 17.0 Å². The van der Waals surface area contributed by atoms with Gasteiger partial charge in [0.2, 0.25) is 5.13 Å². The minimum Gasteiger partial charge on any atom is -0.476 e. The smallest absolute Gasteiger partial charge is 0.355 e. The number of halogens is 2. The average Bonchev–Trinajstić information content (AvgIpc) is 3.46. The summed E-state index contributed by atoms with van der Waals surface area (Å²) in [5.74, 6) is 3.92. The second-order valence-corrected chi connectivity index (χ2v) is 11.7. The number of rotatable bonds is 8. The lowest BCUT2D eigenvalue weighted by Gasteiger charge is -2.10. The largest absolute Gasteiger partial charge is 0.476 e. The molecule has 7 nitrogen and oxygen atoms in total. The van der Waals surface area contributed by atoms with Gasteiger partial charge in [0.15, 0.2) is 16.8 Å². The molecule has 0 bridgehead atoms. The molecule has 0 radical (unpaired) electrons. The summed E-state index contributed by atoms with van der Waals surface area (Å²) < 4.78 is 51.7. The van der Waals surface area contributed by atoms with Crippen LogP contribution in [0.3, 0.4) is 0 Å². The van der Waals surface area contributed by atoms with Crippen molar-refractivity contribution in [3.05, 3.63) is 81.5 Å². The van der Waals surface area contributed by atoms with Gasteiger partial charge in [-0.1, -0.05) is 31.8 Å². The van der Waals surface area contributed by atoms with E-state index in [1.165, 1.54) is 23.6 Å². The van der Waals surface area contributed by atoms with E-state index in [0.29, 0.717) is 34.3 Å². The van der Waals surface area contributed by atoms with Crippen LogP contribution in [0.4, 0.5) is 8.78 Å². The molecule has 0 aliphatic heterocycles. The molecule has 2 aromatic heterocycles. The Balaban J connectivity index is 1.70. The van der Waals surface area contributed by atoms with E-state index in [4.69, 9.17) is 5.10 Å². The summed E-state index contributed by atoms with van der Waals surface area (Å²) >= 11 is -1.32. The Bertz CT molecular complexity index is 1700. The lowest BCUT2D eigenvalue weighted by molar-refractivity contribution is 0.0691. The fourth-order valence-electron chi connectivity index (χ4n) is 4.32. The maximum absolute atomic E-state index is 14.7. The van der Waals surface area contributed by atoms with Crippen molar-refractivity contribution < 1.29 is 27.4 Å². The number of nitrogens with zero attached hydrogens (tertiary/aromatic N) is 3. The molecule has 2 heterocycles. The molecule has 2 N–H and O–H groups in total. The van der Waals surface area contributed by atoms with Gasteiger partial charge in [-0.25, -0.2) is 27.5 Å². The summed E-state index contributed by atoms with van der Waals surface area (Å²) in [5.41, 5.74) is 3.35. The van der Waals surface area contributed by atoms with E-state index < -0.39 is 28.7 Å². The van der Waals surface area contributed by atoms with Gasteiger partial charge in [0.25, 0.3) is 0 Å². The molecule has 11 heteroatoms. The van der Waals surface area contributed by atoms with Crippen LogP contribution in [0.15, 0.2) is 46.7 Å². The minimum atomic E-state index is -2.46. The van der Waals surface area contributed by atoms with E-state index in [2.05, 4.69) is 16.8 Å². The highest BCUT2D eigenvalue weighted by molar-refractivity contribution is 7.79. The number of carbonyl (C=O) groups is 1. The second kappa shape index (κ2) is 11.4. The number of carboxylic acid groups (broad SMARTS) is 1. The molecule has 1 unspecified atom stereocenters. The van der Waals surface area contributed by atoms with Crippen molar-refractivity contribution in [1.82, 2.24) is 14.8 Å². The SMILES string of the molecule is CC(C)C#Cc1cc(-c2nn(-c3nc(C(=O)O)cs3)c(CC3CC3)c2Cc2ccc(S(=O)O)c(F)c2)ccc1F. The molecular weight excluding hydrogens is 556 g/mol. The maximum atomic E-state index is 14.7. The third kappa shape index (κ3) is 6.04. The van der Waals surface area contributed by atoms with Gasteiger partial charge in [0.1, 0.15) is 16.5 Å². The summed E-state index contributed by atoms with van der Waals surface area (Å²) in [6, 6.07) is 8.66. The van der Waals surface area contributed by atoms with Crippen molar-refractivity contribution in [2.45, 2.75) is 44.4 Å². The zero-order valence-corrected chi connectivity index (χ0v) is 23.3. The molecule has 0 amide bonds. The Kier molecular flexibility index (Phi) is 7.94. The zero-order chi connectivity index (χ0) is 28.6. The van der Waals surface area contributed by atoms with E-state index in [9.17, 15) is 27.4 Å². The zero-order valence-electron chi connectivity index (χ0n) is 21.6. The third-order valence-electron chi connectivity index (χ3n) is 6.46. The van der Waals surface area contributed by atoms with Crippen molar-refractivity contribution in [1.29, 1.82) is 0 Å². The first-order valence-electron chi connectivity index (χ1n) is 12.6. The monoisotopic (exact) mass is 581 g/mol. The van der Waals surface area contributed by atoms with Crippen LogP contribution in [0.2, 0.25) is 0 Å². The van der Waals surface area contributed by atoms with Crippen LogP contribution in [0.25, 0.3) is 16.4 Å². The Hall–Kier alpha value is -3.72. The fourth-order valence-corrected chi connectivity index (χ4v) is 5.50. The number of carboxylic acids is 1. The summed E-state index contributed by atoms with van der Waals surface area (Å²) in [6.45, 7) is 3.82. The number of benzene rings is 2. The van der Waals surface area contributed by atoms with E-state index >= 15 is 0 Å². The van der Waals surface area contributed by atoms with E-state index in [-0.39, 0.29) is 28.5 Å². The summed E-state index contributed by atoms with van der Waals surface area (Å²) in [6.07, 6.45) is 2.95. The molecule has 4 aromatic rings. The van der Waals surface area contributed by atoms with Crippen LogP contribution in [0, 0.1) is 35.3 Å². The summed E-state index contributed by atoms with van der Waals surface area (Å²) in [7, 11) is 0. The summed E-state index contributed by atoms with van der Waals surface area (Å²) in [4.78, 5) is 15.5. The molecule has 1 atom stereocenters. The van der Waals surface area contributed by atoms with Crippen LogP contribution < -0.4 is 0 Å². The Morgan fingerprint density at radius 2 is 1.98 bits per heavy atom. The van der Waals surface area contributed by atoms with Gasteiger partial charge in [-0.05, 0) is 61.1 Å². The van der Waals surface area contributed by atoms with E-state index in [1.54, 1.807) is 22.9 Å². The van der Waals surface area contributed by atoms with E-state index in [1.807, 2.05) is 13.8 Å². The molecule has 0 saturated heterocycles. The molecule has 2 aromatic carbocycles. The first-order chi connectivity index (χ1) is 19.1. The van der Waals surface area contributed by atoms with Crippen LogP contribution in [0.5, 0.6) is 0 Å². The quantitative estimate of drug-likeness (QED) is 0.192. The van der Waals surface area contributed by atoms with Gasteiger partial charge in [-0.3, -0.25) is 0 Å². The molecule has 5 rings (SSSR count). The van der Waals surface area contributed by atoms with Gasteiger partial charge in [-0.15, -0.1) is 11.3 Å². The van der Waals surface area contributed by atoms with Gasteiger partial charge in [0, 0.05) is 28.8 Å². The minimum absolute atomic E-state index is 0.0439. The van der Waals surface area contributed by atoms with Gasteiger partial charge in [-0.2, -0.15) is 5.10 Å². The molecule has 206 valence electrons. The fraction of sp³-hybridized carbons (Fsp3) is 0.276. The van der Waals surface area contributed by atoms with Crippen LogP contribution in [0.1, 0.15) is 59.6 Å². The highest BCUT2D eigenvalue weighted by Gasteiger charge is 2.29. The number of aromatic nitrogens is 3. The molecule has 40 heavy (non-hydrogen) atoms. The predicted octanol–water partition coefficient (Wildman–Crippen LogP) is 6.10. The van der Waals surface area contributed by atoms with Gasteiger partial charge >= 0.3 is 5.97 Å². The van der Waals surface area contributed by atoms with Crippen molar-refractivity contribution in [2.75, 3.05) is 0 Å². The molecule has 1 fully saturated rings. The molecule has 1 aliphatic rings. The van der Waals surface area contributed by atoms with Crippen molar-refractivity contribution in [3.63, 3.8) is 0 Å². The first-order valence-corrected chi connectivity index (χ1v) is 14.6. The number of hydrogen-bond donors (Lipinski definition) is 2. The van der Waals surface area contributed by atoms with Crippen LogP contribution in [-0.4, -0.2) is 34.6 Å². The van der Waals surface area contributed by atoms with Crippen molar-refractivity contribution in [3.8, 4) is 28.2 Å². The molecule has 1 saturated carbocycles. The van der Waals surface area contributed by atoms with Crippen molar-refractivity contribution in [2.24, 2.45) is 11.8 Å². The van der Waals surface area contributed by atoms with Crippen molar-refractivity contribution >= 4 is 28.4 Å². The average molecular weight is 582 g/mol. The van der Waals surface area contributed by atoms with Crippen LogP contribution in [-0.2, 0) is 23.9 Å². The lowest BCUT2D eigenvalue weighted by atomic mass is 9.96. The predicted molar refractivity (Wildman–Crippen MR) is 148 cm³/mol. The topological polar surface area (TPSA) is 105 Å². The summed E-state index contributed by atoms with van der Waals surface area (Å²) in [5, 5.41) is 16.1. The van der Waals surface area contributed by atoms with E-state index in [0.717, 1.165) is 35.4 Å². The Morgan fingerprint density at radius 3 is 2.60 bits per heavy atom. The Labute approximate surface area is 236 Å². The number of thiazole rings is 1. The van der Waals surface area contributed by atoms with Gasteiger partial charge < -0.3 is 9.66 Å². The normalized spacial score (nSPS) is 13.8. The highest BCUT2D eigenvalue weighted by atomic mass is 32.2. The second-order valence-electron chi connectivity index (χ2n) is 9.96. The first kappa shape index (κ1) is 27.8. The lowest BCUT2D eigenvalue weighted by Crippen LogP contribution is -2.06. The third-order valence-corrected chi connectivity index (χ3v) is 7.99. The number of hydrogen-bond acceptors (Lipinski definition) is 5. The standard InChI is InChI=1S/C29H25F2N3O4S2/c1-16(2)3-7-19-14-20(8-9-22(19)30)27-21(11-18-6-10-26(40(37)38)23(31)12-18)25(13-17-4-5-17)34(33-27)29-32-24(15-39-29)28(35)36/h6,8-10,12,14-17H,4-5,11,13H2,1-2H3,(H,35,36)(H,37,38). The number of aromatic carboxylic acids is 1. The molecule has 1 aliphatic carbocycles. The van der Waals surface area contributed by atoms with Crippen LogP contribution >= 0.6 is 11.3 Å². The highest BCUT2D eigenvalue weighted by Crippen LogP contribution is 2.38. The molecular formula is C29H25F2N3O4S2.